The van der Waals surface area contributed by atoms with Crippen molar-refractivity contribution >= 4 is 17.5 Å². The number of amides is 1. The molecule has 3 heterocycles. The van der Waals surface area contributed by atoms with Crippen molar-refractivity contribution in [3.63, 3.8) is 0 Å². The van der Waals surface area contributed by atoms with Crippen LogP contribution in [0.3, 0.4) is 0 Å². The maximum Gasteiger partial charge on any atom is 0.238 e. The second kappa shape index (κ2) is 7.83. The third kappa shape index (κ3) is 3.82. The summed E-state index contributed by atoms with van der Waals surface area (Å²) in [7, 11) is 0. The van der Waals surface area contributed by atoms with Crippen molar-refractivity contribution in [1.82, 2.24) is 35.9 Å². The molecule has 0 radical (unpaired) electrons. The summed E-state index contributed by atoms with van der Waals surface area (Å²) in [5.41, 5.74) is 8.02. The number of carbonyl (C=O) groups excluding carboxylic acids is 1. The van der Waals surface area contributed by atoms with Crippen molar-refractivity contribution in [2.45, 2.75) is 25.0 Å². The molecule has 2 aromatic heterocycles. The predicted molar refractivity (Wildman–Crippen MR) is 99.9 cm³/mol. The van der Waals surface area contributed by atoms with Crippen molar-refractivity contribution < 1.29 is 4.79 Å². The largest absolute Gasteiger partial charge is 0.350 e. The molecule has 9 heteroatoms. The zero-order valence-electron chi connectivity index (χ0n) is 14.3. The molecule has 4 rings (SSSR count). The Morgan fingerprint density at radius 1 is 1.26 bits per heavy atom. The lowest BCUT2D eigenvalue weighted by atomic mass is 10.0. The van der Waals surface area contributed by atoms with Crippen LogP contribution in [0.2, 0.25) is 5.02 Å². The Kier molecular flexibility index (Phi) is 5.10. The molecule has 138 valence electrons. The quantitative estimate of drug-likeness (QED) is 0.618. The zero-order chi connectivity index (χ0) is 18.6. The van der Waals surface area contributed by atoms with Crippen molar-refractivity contribution in [3.8, 4) is 5.82 Å². The van der Waals surface area contributed by atoms with Crippen molar-refractivity contribution in [2.75, 3.05) is 0 Å². The summed E-state index contributed by atoms with van der Waals surface area (Å²) in [5, 5.41) is 7.74. The minimum Gasteiger partial charge on any atom is -0.350 e. The molecule has 0 saturated carbocycles. The minimum absolute atomic E-state index is 0.0152. The number of benzene rings is 1. The van der Waals surface area contributed by atoms with Crippen LogP contribution in [0, 0.1) is 0 Å². The summed E-state index contributed by atoms with van der Waals surface area (Å²) in [4.78, 5) is 20.8. The maximum atomic E-state index is 12.6. The number of carbonyl (C=O) groups is 1. The average Bonchev–Trinajstić information content (AvgIpc) is 3.39. The molecule has 1 aliphatic rings. The van der Waals surface area contributed by atoms with Crippen LogP contribution in [0.5, 0.6) is 0 Å². The van der Waals surface area contributed by atoms with Gasteiger partial charge in [-0.25, -0.2) is 25.5 Å². The van der Waals surface area contributed by atoms with Crippen LogP contribution >= 0.6 is 11.6 Å². The Balaban J connectivity index is 1.39. The first-order chi connectivity index (χ1) is 13.2. The van der Waals surface area contributed by atoms with E-state index in [1.54, 1.807) is 17.2 Å². The van der Waals surface area contributed by atoms with E-state index in [1.165, 1.54) is 6.33 Å². The van der Waals surface area contributed by atoms with Gasteiger partial charge in [-0.15, -0.1) is 0 Å². The minimum atomic E-state index is -0.349. The van der Waals surface area contributed by atoms with E-state index in [4.69, 9.17) is 11.6 Å². The van der Waals surface area contributed by atoms with Gasteiger partial charge in [-0.3, -0.25) is 4.79 Å². The van der Waals surface area contributed by atoms with Gasteiger partial charge in [0.05, 0.1) is 0 Å². The van der Waals surface area contributed by atoms with Crippen molar-refractivity contribution in [2.24, 2.45) is 0 Å². The van der Waals surface area contributed by atoms with Gasteiger partial charge in [0.1, 0.15) is 18.7 Å². The molecule has 1 aliphatic heterocycles. The average molecular weight is 384 g/mol. The normalized spacial score (nSPS) is 19.1. The topological polar surface area (TPSA) is 96.8 Å². The molecule has 3 aromatic rings. The molecule has 27 heavy (non-hydrogen) atoms. The Hall–Kier alpha value is -2.81. The van der Waals surface area contributed by atoms with Gasteiger partial charge in [0.15, 0.2) is 5.82 Å². The van der Waals surface area contributed by atoms with Gasteiger partial charge >= 0.3 is 0 Å². The summed E-state index contributed by atoms with van der Waals surface area (Å²) in [6.07, 6.45) is 5.31. The molecule has 8 nitrogen and oxygen atoms in total. The SMILES string of the molecule is O=C(NCc1cccnc1-n1cncn1)C1CC(c2ccccc2Cl)NN1. The molecule has 0 aliphatic carbocycles. The van der Waals surface area contributed by atoms with Crippen LogP contribution in [0.25, 0.3) is 5.82 Å². The summed E-state index contributed by atoms with van der Waals surface area (Å²) in [6.45, 7) is 0.344. The summed E-state index contributed by atoms with van der Waals surface area (Å²) < 4.78 is 1.57. The zero-order valence-corrected chi connectivity index (χ0v) is 15.1. The lowest BCUT2D eigenvalue weighted by Crippen LogP contribution is -2.43. The van der Waals surface area contributed by atoms with Gasteiger partial charge < -0.3 is 5.32 Å². The van der Waals surface area contributed by atoms with E-state index in [0.717, 1.165) is 11.1 Å². The molecule has 1 saturated heterocycles. The molecule has 1 aromatic carbocycles. The number of hydrogen-bond donors (Lipinski definition) is 3. The van der Waals surface area contributed by atoms with E-state index in [0.29, 0.717) is 23.8 Å². The smallest absolute Gasteiger partial charge is 0.238 e. The fourth-order valence-electron chi connectivity index (χ4n) is 3.09. The molecule has 3 N–H and O–H groups in total. The van der Waals surface area contributed by atoms with Crippen LogP contribution in [-0.2, 0) is 11.3 Å². The molecule has 1 fully saturated rings. The number of aromatic nitrogens is 4. The van der Waals surface area contributed by atoms with Gasteiger partial charge in [-0.1, -0.05) is 35.9 Å². The van der Waals surface area contributed by atoms with Gasteiger partial charge in [0.2, 0.25) is 5.91 Å². The molecule has 1 amide bonds. The predicted octanol–water partition coefficient (Wildman–Crippen LogP) is 1.54. The van der Waals surface area contributed by atoms with Crippen molar-refractivity contribution in [1.29, 1.82) is 0 Å². The summed E-state index contributed by atoms with van der Waals surface area (Å²) in [5.74, 6) is 0.548. The Morgan fingerprint density at radius 2 is 2.15 bits per heavy atom. The molecular formula is C18H18ClN7O. The lowest BCUT2D eigenvalue weighted by Gasteiger charge is -2.13. The number of halogens is 1. The Bertz CT molecular complexity index is 931. The van der Waals surface area contributed by atoms with Gasteiger partial charge in [-0.2, -0.15) is 5.10 Å². The van der Waals surface area contributed by atoms with E-state index in [9.17, 15) is 4.79 Å². The molecule has 2 atom stereocenters. The highest BCUT2D eigenvalue weighted by molar-refractivity contribution is 6.31. The van der Waals surface area contributed by atoms with Crippen LogP contribution in [0.4, 0.5) is 0 Å². The first-order valence-corrected chi connectivity index (χ1v) is 8.92. The molecule has 0 bridgehead atoms. The number of pyridine rings is 1. The number of nitrogens with zero attached hydrogens (tertiary/aromatic N) is 4. The fraction of sp³-hybridized carbons (Fsp3) is 0.222. The highest BCUT2D eigenvalue weighted by atomic mass is 35.5. The fourth-order valence-corrected chi connectivity index (χ4v) is 3.35. The monoisotopic (exact) mass is 383 g/mol. The van der Waals surface area contributed by atoms with Gasteiger partial charge in [-0.05, 0) is 24.1 Å². The first-order valence-electron chi connectivity index (χ1n) is 8.54. The van der Waals surface area contributed by atoms with Crippen molar-refractivity contribution in [3.05, 3.63) is 71.4 Å². The van der Waals surface area contributed by atoms with Gasteiger partial charge in [0, 0.05) is 29.4 Å². The second-order valence-corrected chi connectivity index (χ2v) is 6.60. The molecule has 2 unspecified atom stereocenters. The third-order valence-electron chi connectivity index (χ3n) is 4.46. The number of nitrogens with one attached hydrogen (secondary N) is 3. The summed E-state index contributed by atoms with van der Waals surface area (Å²) in [6, 6.07) is 11.0. The van der Waals surface area contributed by atoms with E-state index < -0.39 is 0 Å². The van der Waals surface area contributed by atoms with Crippen LogP contribution in [-0.4, -0.2) is 31.7 Å². The number of hydrogen-bond acceptors (Lipinski definition) is 6. The lowest BCUT2D eigenvalue weighted by molar-refractivity contribution is -0.123. The first kappa shape index (κ1) is 17.6. The van der Waals surface area contributed by atoms with E-state index in [1.807, 2.05) is 36.4 Å². The third-order valence-corrected chi connectivity index (χ3v) is 4.80. The van der Waals surface area contributed by atoms with E-state index >= 15 is 0 Å². The van der Waals surface area contributed by atoms with E-state index in [-0.39, 0.29) is 18.0 Å². The highest BCUT2D eigenvalue weighted by Crippen LogP contribution is 2.28. The summed E-state index contributed by atoms with van der Waals surface area (Å²) >= 11 is 6.25. The van der Waals surface area contributed by atoms with Gasteiger partial charge in [0.25, 0.3) is 0 Å². The maximum absolute atomic E-state index is 12.6. The standard InChI is InChI=1S/C18H18ClN7O/c19-14-6-2-1-5-13(14)15-8-16(25-24-15)18(27)22-9-12-4-3-7-21-17(12)26-11-20-10-23-26/h1-7,10-11,15-16,24-25H,8-9H2,(H,22,27). The highest BCUT2D eigenvalue weighted by Gasteiger charge is 2.31. The van der Waals surface area contributed by atoms with Crippen LogP contribution < -0.4 is 16.2 Å². The molecular weight excluding hydrogens is 366 g/mol. The van der Waals surface area contributed by atoms with E-state index in [2.05, 4.69) is 31.2 Å². The Morgan fingerprint density at radius 3 is 2.96 bits per heavy atom. The van der Waals surface area contributed by atoms with Crippen LogP contribution in [0.1, 0.15) is 23.6 Å². The number of hydrazine groups is 1. The molecule has 0 spiro atoms. The van der Waals surface area contributed by atoms with Crippen LogP contribution in [0.15, 0.2) is 55.2 Å². The second-order valence-electron chi connectivity index (χ2n) is 6.20. The Labute approximate surface area is 160 Å². The number of rotatable bonds is 5.